The van der Waals surface area contributed by atoms with Crippen LogP contribution in [-0.2, 0) is 15.6 Å². The van der Waals surface area contributed by atoms with Crippen molar-refractivity contribution < 1.29 is 19.4 Å². The quantitative estimate of drug-likeness (QED) is 0.312. The summed E-state index contributed by atoms with van der Waals surface area (Å²) in [5, 5.41) is 16.2. The molecule has 0 unspecified atom stereocenters. The highest BCUT2D eigenvalue weighted by Gasteiger charge is 2.29. The van der Waals surface area contributed by atoms with Gasteiger partial charge in [-0.2, -0.15) is 0 Å². The number of amides is 1. The Hall–Kier alpha value is -2.64. The minimum atomic E-state index is -0.488. The molecule has 2 aromatic carbocycles. The number of aromatic hydroxyl groups is 1. The van der Waals surface area contributed by atoms with Crippen LogP contribution in [0.25, 0.3) is 11.1 Å². The Morgan fingerprint density at radius 1 is 1.00 bits per heavy atom. The number of anilines is 1. The van der Waals surface area contributed by atoms with E-state index in [1.165, 1.54) is 11.3 Å². The molecule has 0 radical (unpaired) electrons. The summed E-state index contributed by atoms with van der Waals surface area (Å²) in [5.74, 6) is -0.628. The average molecular weight is 559 g/mol. The number of ether oxygens (including phenoxy) is 1. The first-order chi connectivity index (χ1) is 16.2. The van der Waals surface area contributed by atoms with Crippen LogP contribution >= 0.6 is 27.3 Å². The van der Waals surface area contributed by atoms with Crippen LogP contribution in [0, 0.1) is 0 Å². The van der Waals surface area contributed by atoms with Gasteiger partial charge >= 0.3 is 5.97 Å². The molecule has 0 aliphatic carbocycles. The molecule has 1 aromatic heterocycles. The topological polar surface area (TPSA) is 75.6 Å². The largest absolute Gasteiger partial charge is 0.507 e. The maximum absolute atomic E-state index is 13.5. The van der Waals surface area contributed by atoms with Crippen molar-refractivity contribution in [3.05, 3.63) is 68.5 Å². The third kappa shape index (κ3) is 5.96. The number of carbonyl (C=O) groups excluding carboxylic acids is 2. The number of benzene rings is 2. The third-order valence-electron chi connectivity index (χ3n) is 5.64. The first-order valence-corrected chi connectivity index (χ1v) is 13.1. The van der Waals surface area contributed by atoms with E-state index in [0.29, 0.717) is 32.8 Å². The molecule has 2 N–H and O–H groups in total. The number of thiophene rings is 1. The van der Waals surface area contributed by atoms with E-state index in [4.69, 9.17) is 4.74 Å². The Kier molecular flexibility index (Phi) is 7.82. The molecule has 0 spiro atoms. The molecular weight excluding hydrogens is 526 g/mol. The van der Waals surface area contributed by atoms with Gasteiger partial charge in [0.2, 0.25) is 0 Å². The molecule has 0 bridgehead atoms. The fourth-order valence-corrected chi connectivity index (χ4v) is 5.00. The van der Waals surface area contributed by atoms with Crippen molar-refractivity contribution in [2.24, 2.45) is 0 Å². The molecule has 0 saturated heterocycles. The summed E-state index contributed by atoms with van der Waals surface area (Å²) in [5.41, 5.74) is 2.96. The molecule has 5 nitrogen and oxygen atoms in total. The van der Waals surface area contributed by atoms with E-state index in [-0.39, 0.29) is 29.1 Å². The highest BCUT2D eigenvalue weighted by molar-refractivity contribution is 9.10. The van der Waals surface area contributed by atoms with Gasteiger partial charge in [-0.25, -0.2) is 4.79 Å². The van der Waals surface area contributed by atoms with Crippen LogP contribution in [-0.4, -0.2) is 23.6 Å². The number of phenolic OH excluding ortho intramolecular Hbond substituents is 1. The van der Waals surface area contributed by atoms with E-state index in [0.717, 1.165) is 10.0 Å². The summed E-state index contributed by atoms with van der Waals surface area (Å²) in [6.07, 6.45) is 0. The smallest absolute Gasteiger partial charge is 0.341 e. The molecule has 3 aromatic rings. The fraction of sp³-hybridized carbons (Fsp3) is 0.357. The van der Waals surface area contributed by atoms with E-state index in [9.17, 15) is 14.7 Å². The number of esters is 1. The molecule has 186 valence electrons. The van der Waals surface area contributed by atoms with Crippen molar-refractivity contribution in [2.75, 3.05) is 11.9 Å². The zero-order valence-corrected chi connectivity index (χ0v) is 23.6. The molecule has 0 saturated carbocycles. The maximum Gasteiger partial charge on any atom is 0.341 e. The highest BCUT2D eigenvalue weighted by Crippen LogP contribution is 2.41. The summed E-state index contributed by atoms with van der Waals surface area (Å²) in [6, 6.07) is 11.1. The van der Waals surface area contributed by atoms with Gasteiger partial charge in [-0.15, -0.1) is 11.3 Å². The molecule has 0 aliphatic rings. The number of halogens is 1. The van der Waals surface area contributed by atoms with E-state index in [2.05, 4.69) is 21.2 Å². The fourth-order valence-electron chi connectivity index (χ4n) is 3.78. The minimum Gasteiger partial charge on any atom is -0.507 e. The Morgan fingerprint density at radius 2 is 1.54 bits per heavy atom. The second-order valence-electron chi connectivity index (χ2n) is 10.5. The first-order valence-electron chi connectivity index (χ1n) is 11.5. The van der Waals surface area contributed by atoms with Gasteiger partial charge in [0.05, 0.1) is 6.61 Å². The van der Waals surface area contributed by atoms with Gasteiger partial charge < -0.3 is 15.2 Å². The van der Waals surface area contributed by atoms with Crippen LogP contribution in [0.15, 0.2) is 46.3 Å². The second kappa shape index (κ2) is 10.2. The molecule has 3 rings (SSSR count). The van der Waals surface area contributed by atoms with Crippen molar-refractivity contribution >= 4 is 44.1 Å². The van der Waals surface area contributed by atoms with Gasteiger partial charge in [0.15, 0.2) is 0 Å². The maximum atomic E-state index is 13.5. The first kappa shape index (κ1) is 27.0. The Bertz CT molecular complexity index is 1210. The van der Waals surface area contributed by atoms with E-state index in [1.54, 1.807) is 19.1 Å². The van der Waals surface area contributed by atoms with Crippen LogP contribution in [0.4, 0.5) is 5.00 Å². The Labute approximate surface area is 219 Å². The average Bonchev–Trinajstić information content (AvgIpc) is 3.16. The lowest BCUT2D eigenvalue weighted by Crippen LogP contribution is -2.21. The van der Waals surface area contributed by atoms with Crippen LogP contribution in [0.3, 0.4) is 0 Å². The van der Waals surface area contributed by atoms with Gasteiger partial charge in [-0.05, 0) is 47.6 Å². The summed E-state index contributed by atoms with van der Waals surface area (Å²) in [7, 11) is 0. The summed E-state index contributed by atoms with van der Waals surface area (Å²) in [4.78, 5) is 26.4. The normalized spacial score (nSPS) is 11.9. The van der Waals surface area contributed by atoms with Crippen molar-refractivity contribution in [3.63, 3.8) is 0 Å². The van der Waals surface area contributed by atoms with Crippen molar-refractivity contribution in [1.82, 2.24) is 0 Å². The number of phenols is 1. The van der Waals surface area contributed by atoms with Crippen molar-refractivity contribution in [3.8, 4) is 16.9 Å². The van der Waals surface area contributed by atoms with Gasteiger partial charge in [-0.3, -0.25) is 4.79 Å². The number of hydrogen-bond donors (Lipinski definition) is 2. The van der Waals surface area contributed by atoms with Crippen LogP contribution in [0.1, 0.15) is 80.3 Å². The number of carbonyl (C=O) groups is 2. The molecule has 1 heterocycles. The molecule has 0 atom stereocenters. The van der Waals surface area contributed by atoms with E-state index in [1.807, 2.05) is 71.2 Å². The zero-order valence-electron chi connectivity index (χ0n) is 21.2. The monoisotopic (exact) mass is 557 g/mol. The van der Waals surface area contributed by atoms with Crippen LogP contribution < -0.4 is 5.32 Å². The molecule has 1 amide bonds. The van der Waals surface area contributed by atoms with E-state index < -0.39 is 5.97 Å². The number of hydrogen-bond acceptors (Lipinski definition) is 5. The summed E-state index contributed by atoms with van der Waals surface area (Å²) in [6.45, 7) is 14.0. The van der Waals surface area contributed by atoms with Gasteiger partial charge in [0.25, 0.3) is 5.91 Å². The lowest BCUT2D eigenvalue weighted by atomic mass is 9.78. The lowest BCUT2D eigenvalue weighted by Gasteiger charge is -2.28. The molecule has 0 aliphatic heterocycles. The number of rotatable bonds is 5. The highest BCUT2D eigenvalue weighted by atomic mass is 79.9. The summed E-state index contributed by atoms with van der Waals surface area (Å²) >= 11 is 4.72. The van der Waals surface area contributed by atoms with Crippen molar-refractivity contribution in [1.29, 1.82) is 0 Å². The lowest BCUT2D eigenvalue weighted by molar-refractivity contribution is 0.0529. The standard InChI is InChI=1S/C28H32BrNO4S/c1-8-34-26(33)22-19(16-9-11-18(29)12-10-16)15-35-25(22)30-24(32)17-13-20(27(2,3)4)23(31)21(14-17)28(5,6)7/h9-15,31H,8H2,1-7H3,(H,30,32). The van der Waals surface area contributed by atoms with E-state index >= 15 is 0 Å². The van der Waals surface area contributed by atoms with Crippen LogP contribution in [0.5, 0.6) is 5.75 Å². The molecule has 35 heavy (non-hydrogen) atoms. The minimum absolute atomic E-state index is 0.211. The Balaban J connectivity index is 2.08. The van der Waals surface area contributed by atoms with Crippen molar-refractivity contribution in [2.45, 2.75) is 59.3 Å². The molecule has 0 fully saturated rings. The third-order valence-corrected chi connectivity index (χ3v) is 7.07. The SMILES string of the molecule is CCOC(=O)c1c(-c2ccc(Br)cc2)csc1NC(=O)c1cc(C(C)(C)C)c(O)c(C(C)(C)C)c1. The second-order valence-corrected chi connectivity index (χ2v) is 12.3. The van der Waals surface area contributed by atoms with Gasteiger partial charge in [0.1, 0.15) is 16.3 Å². The molecule has 7 heteroatoms. The zero-order chi connectivity index (χ0) is 26.1. The predicted octanol–water partition coefficient (Wildman–Crippen LogP) is 7.91. The molecular formula is C28H32BrNO4S. The Morgan fingerprint density at radius 3 is 2.03 bits per heavy atom. The number of nitrogens with one attached hydrogen (secondary N) is 1. The van der Waals surface area contributed by atoms with Crippen LogP contribution in [0.2, 0.25) is 0 Å². The van der Waals surface area contributed by atoms with Gasteiger partial charge in [0, 0.05) is 32.1 Å². The summed E-state index contributed by atoms with van der Waals surface area (Å²) < 4.78 is 6.25. The van der Waals surface area contributed by atoms with Gasteiger partial charge in [-0.1, -0.05) is 69.6 Å². The predicted molar refractivity (Wildman–Crippen MR) is 147 cm³/mol.